The van der Waals surface area contributed by atoms with Crippen molar-refractivity contribution in [1.82, 2.24) is 9.80 Å². The molecular weight excluding hydrogens is 329 g/mol. The van der Waals surface area contributed by atoms with E-state index in [-0.39, 0.29) is 5.56 Å². The molecule has 0 atom stereocenters. The predicted octanol–water partition coefficient (Wildman–Crippen LogP) is 3.08. The lowest BCUT2D eigenvalue weighted by Gasteiger charge is -2.32. The molecule has 1 aliphatic rings. The molecule has 0 saturated carbocycles. The Bertz CT molecular complexity index is 746. The van der Waals surface area contributed by atoms with E-state index in [0.29, 0.717) is 5.56 Å². The monoisotopic (exact) mass is 348 g/mol. The molecule has 1 saturated heterocycles. The van der Waals surface area contributed by atoms with Gasteiger partial charge in [-0.3, -0.25) is 9.69 Å². The van der Waals surface area contributed by atoms with Gasteiger partial charge in [0.2, 0.25) is 0 Å². The predicted molar refractivity (Wildman–Crippen MR) is 89.0 cm³/mol. The lowest BCUT2D eigenvalue weighted by atomic mass is 10.0. The number of likely N-dealkylation sites (N-methyl/N-ethyl adjacent to an activating group) is 1. The molecule has 1 heterocycles. The second-order valence-corrected chi connectivity index (χ2v) is 6.36. The Hall–Kier alpha value is -2.18. The summed E-state index contributed by atoms with van der Waals surface area (Å²) in [4.78, 5) is 16.9. The fourth-order valence-electron chi connectivity index (χ4n) is 2.88. The minimum absolute atomic E-state index is 0.205. The maximum atomic E-state index is 13.3. The molecule has 0 spiro atoms. The van der Waals surface area contributed by atoms with Crippen LogP contribution in [0.4, 0.5) is 13.2 Å². The lowest BCUT2D eigenvalue weighted by molar-refractivity contribution is 0.103. The summed E-state index contributed by atoms with van der Waals surface area (Å²) in [6.07, 6.45) is 0. The highest BCUT2D eigenvalue weighted by atomic mass is 19.2. The topological polar surface area (TPSA) is 23.6 Å². The van der Waals surface area contributed by atoms with Crippen molar-refractivity contribution < 1.29 is 18.0 Å². The van der Waals surface area contributed by atoms with Crippen LogP contribution in [0.25, 0.3) is 0 Å². The molecule has 0 N–H and O–H groups in total. The van der Waals surface area contributed by atoms with Crippen LogP contribution in [-0.2, 0) is 6.54 Å². The number of piperazine rings is 1. The average molecular weight is 348 g/mol. The highest BCUT2D eigenvalue weighted by Crippen LogP contribution is 2.18. The summed E-state index contributed by atoms with van der Waals surface area (Å²) < 4.78 is 39.6. The van der Waals surface area contributed by atoms with E-state index in [0.717, 1.165) is 50.4 Å². The molecular formula is C19H19F3N2O. The Morgan fingerprint density at radius 2 is 1.48 bits per heavy atom. The van der Waals surface area contributed by atoms with Gasteiger partial charge in [-0.15, -0.1) is 0 Å². The molecule has 0 bridgehead atoms. The quantitative estimate of drug-likeness (QED) is 0.627. The number of ketones is 1. The van der Waals surface area contributed by atoms with Crippen LogP contribution in [0.1, 0.15) is 21.5 Å². The zero-order chi connectivity index (χ0) is 18.0. The van der Waals surface area contributed by atoms with Crippen molar-refractivity contribution >= 4 is 5.78 Å². The number of nitrogens with zero attached hydrogens (tertiary/aromatic N) is 2. The number of rotatable bonds is 4. The summed E-state index contributed by atoms with van der Waals surface area (Å²) in [5.74, 6) is -4.84. The van der Waals surface area contributed by atoms with Crippen LogP contribution in [0.3, 0.4) is 0 Å². The maximum Gasteiger partial charge on any atom is 0.194 e. The van der Waals surface area contributed by atoms with Crippen molar-refractivity contribution in [3.8, 4) is 0 Å². The fraction of sp³-hybridized carbons (Fsp3) is 0.316. The third-order valence-electron chi connectivity index (χ3n) is 4.46. The van der Waals surface area contributed by atoms with Crippen LogP contribution in [0.5, 0.6) is 0 Å². The van der Waals surface area contributed by atoms with Crippen molar-refractivity contribution in [3.05, 3.63) is 70.5 Å². The summed E-state index contributed by atoms with van der Waals surface area (Å²) in [5, 5.41) is 0. The zero-order valence-corrected chi connectivity index (χ0v) is 13.9. The Kier molecular flexibility index (Phi) is 5.20. The maximum absolute atomic E-state index is 13.3. The molecule has 2 aromatic carbocycles. The second kappa shape index (κ2) is 7.37. The summed E-state index contributed by atoms with van der Waals surface area (Å²) in [6, 6.07) is 8.38. The van der Waals surface area contributed by atoms with Gasteiger partial charge in [0.05, 0.1) is 0 Å². The third-order valence-corrected chi connectivity index (χ3v) is 4.46. The molecule has 0 unspecified atom stereocenters. The molecule has 6 heteroatoms. The Balaban J connectivity index is 1.70. The van der Waals surface area contributed by atoms with Gasteiger partial charge in [-0.1, -0.05) is 24.3 Å². The van der Waals surface area contributed by atoms with Crippen LogP contribution in [0, 0.1) is 17.5 Å². The van der Waals surface area contributed by atoms with Gasteiger partial charge < -0.3 is 4.90 Å². The molecule has 25 heavy (non-hydrogen) atoms. The first-order chi connectivity index (χ1) is 11.9. The third kappa shape index (κ3) is 4.08. The van der Waals surface area contributed by atoms with E-state index < -0.39 is 23.2 Å². The van der Waals surface area contributed by atoms with Crippen molar-refractivity contribution in [2.75, 3.05) is 33.2 Å². The number of hydrogen-bond acceptors (Lipinski definition) is 3. The minimum Gasteiger partial charge on any atom is -0.304 e. The van der Waals surface area contributed by atoms with E-state index in [9.17, 15) is 18.0 Å². The van der Waals surface area contributed by atoms with Gasteiger partial charge in [-0.05, 0) is 24.7 Å². The summed E-state index contributed by atoms with van der Waals surface area (Å²) in [5.41, 5.74) is 1.17. The minimum atomic E-state index is -1.57. The second-order valence-electron chi connectivity index (χ2n) is 6.36. The van der Waals surface area contributed by atoms with Crippen molar-refractivity contribution in [2.45, 2.75) is 6.54 Å². The summed E-state index contributed by atoms with van der Waals surface area (Å²) >= 11 is 0. The normalized spacial score (nSPS) is 16.2. The average Bonchev–Trinajstić information content (AvgIpc) is 2.61. The lowest BCUT2D eigenvalue weighted by Crippen LogP contribution is -2.43. The van der Waals surface area contributed by atoms with E-state index in [1.165, 1.54) is 0 Å². The molecule has 1 fully saturated rings. The molecule has 3 nitrogen and oxygen atoms in total. The van der Waals surface area contributed by atoms with Crippen molar-refractivity contribution in [1.29, 1.82) is 0 Å². The van der Waals surface area contributed by atoms with Gasteiger partial charge in [0, 0.05) is 43.9 Å². The van der Waals surface area contributed by atoms with Gasteiger partial charge in [0.25, 0.3) is 0 Å². The number of halogens is 3. The molecule has 0 aliphatic carbocycles. The fourth-order valence-corrected chi connectivity index (χ4v) is 2.88. The van der Waals surface area contributed by atoms with Gasteiger partial charge in [0.15, 0.2) is 23.2 Å². The van der Waals surface area contributed by atoms with Crippen LogP contribution >= 0.6 is 0 Å². The smallest absolute Gasteiger partial charge is 0.194 e. The van der Waals surface area contributed by atoms with Crippen molar-refractivity contribution in [3.63, 3.8) is 0 Å². The first-order valence-corrected chi connectivity index (χ1v) is 8.13. The first-order valence-electron chi connectivity index (χ1n) is 8.13. The van der Waals surface area contributed by atoms with Gasteiger partial charge >= 0.3 is 0 Å². The molecule has 0 radical (unpaired) electrons. The largest absolute Gasteiger partial charge is 0.304 e. The van der Waals surface area contributed by atoms with E-state index in [4.69, 9.17) is 0 Å². The van der Waals surface area contributed by atoms with E-state index in [2.05, 4.69) is 16.8 Å². The molecule has 132 valence electrons. The van der Waals surface area contributed by atoms with Crippen LogP contribution in [0.15, 0.2) is 36.4 Å². The molecule has 0 aromatic heterocycles. The Morgan fingerprint density at radius 3 is 2.04 bits per heavy atom. The summed E-state index contributed by atoms with van der Waals surface area (Å²) in [7, 11) is 2.10. The number of benzene rings is 2. The van der Waals surface area contributed by atoms with Gasteiger partial charge in [-0.25, -0.2) is 13.2 Å². The van der Waals surface area contributed by atoms with E-state index in [1.54, 1.807) is 12.1 Å². The first kappa shape index (κ1) is 17.6. The highest BCUT2D eigenvalue weighted by molar-refractivity contribution is 6.09. The highest BCUT2D eigenvalue weighted by Gasteiger charge is 2.17. The molecule has 1 aliphatic heterocycles. The van der Waals surface area contributed by atoms with Crippen molar-refractivity contribution in [2.24, 2.45) is 0 Å². The van der Waals surface area contributed by atoms with Crippen LogP contribution in [0.2, 0.25) is 0 Å². The Labute approximate surface area is 144 Å². The van der Waals surface area contributed by atoms with Crippen LogP contribution < -0.4 is 0 Å². The van der Waals surface area contributed by atoms with E-state index >= 15 is 0 Å². The standard InChI is InChI=1S/C19H19F3N2O/c1-23-6-8-24(9-7-23)12-13-2-4-14(5-3-13)19(25)15-10-16(20)18(22)17(21)11-15/h2-5,10-11H,6-9,12H2,1H3. The molecule has 3 rings (SSSR count). The SMILES string of the molecule is CN1CCN(Cc2ccc(C(=O)c3cc(F)c(F)c(F)c3)cc2)CC1. The molecule has 0 amide bonds. The van der Waals surface area contributed by atoms with E-state index in [1.807, 2.05) is 12.1 Å². The van der Waals surface area contributed by atoms with Gasteiger partial charge in [-0.2, -0.15) is 0 Å². The van der Waals surface area contributed by atoms with Gasteiger partial charge in [0.1, 0.15) is 0 Å². The van der Waals surface area contributed by atoms with Crippen LogP contribution in [-0.4, -0.2) is 48.8 Å². The number of hydrogen-bond donors (Lipinski definition) is 0. The zero-order valence-electron chi connectivity index (χ0n) is 13.9. The summed E-state index contributed by atoms with van der Waals surface area (Å²) in [6.45, 7) is 4.83. The Morgan fingerprint density at radius 1 is 0.920 bits per heavy atom. The number of carbonyl (C=O) groups excluding carboxylic acids is 1. The number of carbonyl (C=O) groups is 1. The molecule has 2 aromatic rings.